The highest BCUT2D eigenvalue weighted by molar-refractivity contribution is 5.98. The zero-order chi connectivity index (χ0) is 21.7. The molecule has 3 aromatic rings. The number of hydrogen-bond acceptors (Lipinski definition) is 5. The molecular formula is C20H15F4N3O3. The van der Waals surface area contributed by atoms with E-state index in [0.717, 1.165) is 6.07 Å². The number of aromatic nitrogens is 1. The summed E-state index contributed by atoms with van der Waals surface area (Å²) in [6, 6.07) is 12.5. The summed E-state index contributed by atoms with van der Waals surface area (Å²) in [7, 11) is 0. The number of nitrogen functional groups attached to an aromatic ring is 1. The van der Waals surface area contributed by atoms with Crippen LogP contribution in [-0.2, 0) is 6.54 Å². The molecule has 0 aliphatic carbocycles. The number of halogens is 4. The minimum absolute atomic E-state index is 0.109. The molecule has 1 heterocycles. The normalized spacial score (nSPS) is 11.1. The first-order valence-corrected chi connectivity index (χ1v) is 8.52. The van der Waals surface area contributed by atoms with E-state index in [2.05, 4.69) is 15.0 Å². The van der Waals surface area contributed by atoms with Crippen LogP contribution in [0, 0.1) is 5.82 Å². The summed E-state index contributed by atoms with van der Waals surface area (Å²) in [5.41, 5.74) is 6.60. The van der Waals surface area contributed by atoms with E-state index in [1.807, 2.05) is 0 Å². The van der Waals surface area contributed by atoms with Gasteiger partial charge in [-0.05, 0) is 42.0 Å². The predicted octanol–water partition coefficient (Wildman–Crippen LogP) is 4.42. The fourth-order valence-corrected chi connectivity index (χ4v) is 2.46. The lowest BCUT2D eigenvalue weighted by Gasteiger charge is -2.13. The molecule has 30 heavy (non-hydrogen) atoms. The van der Waals surface area contributed by atoms with Gasteiger partial charge in [0, 0.05) is 12.7 Å². The number of rotatable bonds is 6. The number of alkyl halides is 3. The van der Waals surface area contributed by atoms with Gasteiger partial charge in [-0.25, -0.2) is 4.98 Å². The molecule has 0 spiro atoms. The van der Waals surface area contributed by atoms with Crippen molar-refractivity contribution in [3.63, 3.8) is 0 Å². The highest BCUT2D eigenvalue weighted by Crippen LogP contribution is 2.33. The fraction of sp³-hybridized carbons (Fsp3) is 0.100. The van der Waals surface area contributed by atoms with Crippen LogP contribution in [0.15, 0.2) is 60.8 Å². The first-order valence-electron chi connectivity index (χ1n) is 8.52. The summed E-state index contributed by atoms with van der Waals surface area (Å²) in [5, 5.41) is 2.68. The van der Waals surface area contributed by atoms with Crippen molar-refractivity contribution in [3.05, 3.63) is 77.7 Å². The largest absolute Gasteiger partial charge is 0.573 e. The molecule has 0 bridgehead atoms. The highest BCUT2D eigenvalue weighted by Gasteiger charge is 2.33. The second-order valence-corrected chi connectivity index (χ2v) is 5.98. The number of hydrogen-bond donors (Lipinski definition) is 2. The molecule has 1 amide bonds. The molecule has 0 fully saturated rings. The average molecular weight is 421 g/mol. The molecule has 0 radical (unpaired) electrons. The number of nitrogens with two attached hydrogens (primary N) is 1. The van der Waals surface area contributed by atoms with Crippen molar-refractivity contribution in [1.82, 2.24) is 10.3 Å². The van der Waals surface area contributed by atoms with Crippen molar-refractivity contribution >= 4 is 11.7 Å². The van der Waals surface area contributed by atoms with E-state index in [1.54, 1.807) is 24.3 Å². The molecule has 10 heteroatoms. The van der Waals surface area contributed by atoms with Gasteiger partial charge in [0.1, 0.15) is 11.6 Å². The molecule has 0 saturated carbocycles. The topological polar surface area (TPSA) is 86.5 Å². The Kier molecular flexibility index (Phi) is 6.05. The number of amides is 1. The Morgan fingerprint density at radius 2 is 1.73 bits per heavy atom. The van der Waals surface area contributed by atoms with Gasteiger partial charge < -0.3 is 20.5 Å². The summed E-state index contributed by atoms with van der Waals surface area (Å²) >= 11 is 0. The number of benzene rings is 2. The molecule has 156 valence electrons. The van der Waals surface area contributed by atoms with Crippen LogP contribution in [0.5, 0.6) is 17.2 Å². The van der Waals surface area contributed by atoms with E-state index < -0.39 is 29.6 Å². The average Bonchev–Trinajstić information content (AvgIpc) is 2.69. The first kappa shape index (κ1) is 20.9. The van der Waals surface area contributed by atoms with Gasteiger partial charge in [0.2, 0.25) is 5.82 Å². The fourth-order valence-electron chi connectivity index (χ4n) is 2.46. The third-order valence-electron chi connectivity index (χ3n) is 3.84. The van der Waals surface area contributed by atoms with E-state index in [4.69, 9.17) is 10.5 Å². The van der Waals surface area contributed by atoms with Crippen molar-refractivity contribution in [3.8, 4) is 17.2 Å². The predicted molar refractivity (Wildman–Crippen MR) is 99.4 cm³/mol. The number of carbonyl (C=O) groups excluding carboxylic acids is 1. The summed E-state index contributed by atoms with van der Waals surface area (Å²) in [4.78, 5) is 16.0. The maximum atomic E-state index is 14.2. The zero-order valence-electron chi connectivity index (χ0n) is 15.2. The van der Waals surface area contributed by atoms with E-state index in [-0.39, 0.29) is 23.7 Å². The molecule has 3 rings (SSSR count). The van der Waals surface area contributed by atoms with Crippen LogP contribution in [0.2, 0.25) is 0 Å². The van der Waals surface area contributed by atoms with Crippen molar-refractivity contribution < 1.29 is 31.8 Å². The summed E-state index contributed by atoms with van der Waals surface area (Å²) in [6.45, 7) is 0.177. The van der Waals surface area contributed by atoms with Crippen LogP contribution >= 0.6 is 0 Å². The molecule has 0 aliphatic rings. The molecule has 0 atom stereocenters. The van der Waals surface area contributed by atoms with Crippen LogP contribution in [0.3, 0.4) is 0 Å². The highest BCUT2D eigenvalue weighted by atomic mass is 19.4. The Balaban J connectivity index is 1.63. The maximum Gasteiger partial charge on any atom is 0.573 e. The smallest absolute Gasteiger partial charge is 0.454 e. The summed E-state index contributed by atoms with van der Waals surface area (Å²) < 4.78 is 60.0. The van der Waals surface area contributed by atoms with Crippen LogP contribution in [0.1, 0.15) is 15.9 Å². The second-order valence-electron chi connectivity index (χ2n) is 5.98. The number of carbonyl (C=O) groups is 1. The number of ether oxygens (including phenoxy) is 2. The van der Waals surface area contributed by atoms with Crippen molar-refractivity contribution in [1.29, 1.82) is 0 Å². The van der Waals surface area contributed by atoms with Gasteiger partial charge in [0.05, 0.1) is 5.56 Å². The van der Waals surface area contributed by atoms with E-state index >= 15 is 0 Å². The first-order chi connectivity index (χ1) is 14.2. The van der Waals surface area contributed by atoms with Crippen LogP contribution in [0.4, 0.5) is 23.4 Å². The maximum absolute atomic E-state index is 14.2. The van der Waals surface area contributed by atoms with Gasteiger partial charge in [0.15, 0.2) is 11.5 Å². The number of anilines is 1. The molecule has 0 unspecified atom stereocenters. The lowest BCUT2D eigenvalue weighted by molar-refractivity contribution is -0.275. The van der Waals surface area contributed by atoms with Gasteiger partial charge in [-0.2, -0.15) is 4.39 Å². The second kappa shape index (κ2) is 8.68. The van der Waals surface area contributed by atoms with Gasteiger partial charge in [-0.3, -0.25) is 4.79 Å². The Bertz CT molecular complexity index is 1040. The quantitative estimate of drug-likeness (QED) is 0.576. The zero-order valence-corrected chi connectivity index (χ0v) is 15.2. The summed E-state index contributed by atoms with van der Waals surface area (Å²) in [6.07, 6.45) is -3.55. The Morgan fingerprint density at radius 1 is 1.03 bits per heavy atom. The van der Waals surface area contributed by atoms with Gasteiger partial charge >= 0.3 is 6.36 Å². The van der Waals surface area contributed by atoms with Crippen molar-refractivity contribution in [2.75, 3.05) is 5.73 Å². The molecule has 2 aromatic carbocycles. The van der Waals surface area contributed by atoms with Crippen LogP contribution < -0.4 is 20.5 Å². The molecular weight excluding hydrogens is 406 g/mol. The van der Waals surface area contributed by atoms with Crippen molar-refractivity contribution in [2.24, 2.45) is 0 Å². The minimum Gasteiger partial charge on any atom is -0.454 e. The molecule has 0 aliphatic heterocycles. The number of pyridine rings is 1. The van der Waals surface area contributed by atoms with E-state index in [1.165, 1.54) is 30.5 Å². The monoisotopic (exact) mass is 421 g/mol. The van der Waals surface area contributed by atoms with E-state index in [9.17, 15) is 22.4 Å². The SMILES string of the molecule is Nc1ncccc1C(=O)NCc1ccc(Oc2cccc(OC(F)(F)F)c2F)cc1. The molecule has 6 nitrogen and oxygen atoms in total. The summed E-state index contributed by atoms with van der Waals surface area (Å²) in [5.74, 6) is -2.80. The third kappa shape index (κ3) is 5.37. The number of nitrogens with zero attached hydrogens (tertiary/aromatic N) is 1. The van der Waals surface area contributed by atoms with Gasteiger partial charge in [-0.15, -0.1) is 13.2 Å². The lowest BCUT2D eigenvalue weighted by Crippen LogP contribution is -2.24. The number of nitrogens with one attached hydrogen (secondary N) is 1. The minimum atomic E-state index is -5.02. The standard InChI is InChI=1S/C20H15F4N3O3/c21-17-15(4-1-5-16(17)30-20(22,23)24)29-13-8-6-12(7-9-13)11-27-19(28)14-3-2-10-26-18(14)25/h1-10H,11H2,(H2,25,26)(H,27,28). The molecule has 1 aromatic heterocycles. The van der Waals surface area contributed by atoms with Crippen molar-refractivity contribution in [2.45, 2.75) is 12.9 Å². The van der Waals surface area contributed by atoms with E-state index in [0.29, 0.717) is 5.56 Å². The van der Waals surface area contributed by atoms with Gasteiger partial charge in [-0.1, -0.05) is 18.2 Å². The molecule has 0 saturated heterocycles. The lowest BCUT2D eigenvalue weighted by atomic mass is 10.2. The Labute approximate surface area is 168 Å². The Morgan fingerprint density at radius 3 is 2.40 bits per heavy atom. The van der Waals surface area contributed by atoms with Crippen LogP contribution in [0.25, 0.3) is 0 Å². The molecule has 3 N–H and O–H groups in total. The van der Waals surface area contributed by atoms with Crippen LogP contribution in [-0.4, -0.2) is 17.3 Å². The third-order valence-corrected chi connectivity index (χ3v) is 3.84. The Hall–Kier alpha value is -3.82. The van der Waals surface area contributed by atoms with Gasteiger partial charge in [0.25, 0.3) is 5.91 Å².